The molecule has 1 unspecified atom stereocenters. The van der Waals surface area contributed by atoms with E-state index >= 15 is 0 Å². The third kappa shape index (κ3) is 2.93. The minimum absolute atomic E-state index is 0.0982. The maximum Gasteiger partial charge on any atom is 0.356 e. The van der Waals surface area contributed by atoms with Gasteiger partial charge in [-0.1, -0.05) is 25.4 Å². The fourth-order valence-electron chi connectivity index (χ4n) is 2.44. The van der Waals surface area contributed by atoms with Gasteiger partial charge < -0.3 is 10.4 Å². The van der Waals surface area contributed by atoms with Gasteiger partial charge in [-0.25, -0.2) is 9.78 Å². The van der Waals surface area contributed by atoms with Gasteiger partial charge in [0, 0.05) is 6.04 Å². The fourth-order valence-corrected chi connectivity index (χ4v) is 2.63. The van der Waals surface area contributed by atoms with Crippen molar-refractivity contribution in [2.75, 3.05) is 5.32 Å². The number of carboxylic acids is 1. The number of aromatic carboxylic acids is 1. The van der Waals surface area contributed by atoms with Crippen LogP contribution in [0.25, 0.3) is 0 Å². The summed E-state index contributed by atoms with van der Waals surface area (Å²) >= 11 is 5.78. The molecule has 2 rings (SSSR count). The van der Waals surface area contributed by atoms with E-state index in [9.17, 15) is 4.79 Å². The highest BCUT2D eigenvalue weighted by molar-refractivity contribution is 6.33. The van der Waals surface area contributed by atoms with E-state index in [1.54, 1.807) is 12.1 Å². The van der Waals surface area contributed by atoms with Gasteiger partial charge in [-0.15, -0.1) is 0 Å². The minimum Gasteiger partial charge on any atom is -0.476 e. The van der Waals surface area contributed by atoms with Gasteiger partial charge in [0.25, 0.3) is 0 Å². The number of hydrogen-bond donors (Lipinski definition) is 2. The molecule has 5 heteroatoms. The van der Waals surface area contributed by atoms with Gasteiger partial charge in [0.15, 0.2) is 5.69 Å². The molecule has 18 heavy (non-hydrogen) atoms. The van der Waals surface area contributed by atoms with Crippen LogP contribution in [-0.2, 0) is 0 Å². The zero-order chi connectivity index (χ0) is 13.3. The second kappa shape index (κ2) is 4.76. The Bertz CT molecular complexity index is 474. The molecule has 0 radical (unpaired) electrons. The Morgan fingerprint density at radius 3 is 2.83 bits per heavy atom. The van der Waals surface area contributed by atoms with E-state index in [0.717, 1.165) is 12.8 Å². The summed E-state index contributed by atoms with van der Waals surface area (Å²) in [5.74, 6) is -0.519. The maximum absolute atomic E-state index is 10.9. The molecule has 0 spiro atoms. The van der Waals surface area contributed by atoms with Gasteiger partial charge in [-0.05, 0) is 36.8 Å². The first-order valence-electron chi connectivity index (χ1n) is 6.04. The number of hydrogen-bond acceptors (Lipinski definition) is 3. The lowest BCUT2D eigenvalue weighted by Crippen LogP contribution is -2.19. The molecule has 0 saturated heterocycles. The molecule has 1 atom stereocenters. The van der Waals surface area contributed by atoms with Crippen molar-refractivity contribution >= 4 is 23.4 Å². The van der Waals surface area contributed by atoms with Crippen LogP contribution in [0, 0.1) is 5.41 Å². The van der Waals surface area contributed by atoms with Crippen LogP contribution >= 0.6 is 11.6 Å². The highest BCUT2D eigenvalue weighted by atomic mass is 35.5. The maximum atomic E-state index is 10.9. The first kappa shape index (κ1) is 13.1. The Balaban J connectivity index is 2.11. The average Bonchev–Trinajstić information content (AvgIpc) is 2.60. The van der Waals surface area contributed by atoms with E-state index < -0.39 is 5.97 Å². The van der Waals surface area contributed by atoms with Gasteiger partial charge in [-0.2, -0.15) is 0 Å². The van der Waals surface area contributed by atoms with Crippen LogP contribution in [0.15, 0.2) is 12.1 Å². The molecule has 1 aliphatic rings. The predicted octanol–water partition coefficient (Wildman–Crippen LogP) is 3.42. The second-order valence-electron chi connectivity index (χ2n) is 5.58. The summed E-state index contributed by atoms with van der Waals surface area (Å²) in [6.07, 6.45) is 3.32. The van der Waals surface area contributed by atoms with Crippen molar-refractivity contribution in [2.24, 2.45) is 5.41 Å². The molecule has 1 fully saturated rings. The molecule has 0 bridgehead atoms. The van der Waals surface area contributed by atoms with Crippen molar-refractivity contribution in [1.82, 2.24) is 4.98 Å². The van der Waals surface area contributed by atoms with Crippen molar-refractivity contribution < 1.29 is 9.90 Å². The van der Waals surface area contributed by atoms with Crippen LogP contribution in [0.1, 0.15) is 43.6 Å². The Hall–Kier alpha value is -1.29. The number of nitrogens with one attached hydrogen (secondary N) is 1. The van der Waals surface area contributed by atoms with Crippen molar-refractivity contribution in [3.05, 3.63) is 22.8 Å². The predicted molar refractivity (Wildman–Crippen MR) is 71.2 cm³/mol. The van der Waals surface area contributed by atoms with Crippen molar-refractivity contribution in [3.63, 3.8) is 0 Å². The number of aromatic nitrogens is 1. The lowest BCUT2D eigenvalue weighted by atomic mass is 9.92. The Morgan fingerprint density at radius 1 is 1.56 bits per heavy atom. The molecular formula is C13H17ClN2O2. The van der Waals surface area contributed by atoms with E-state index in [1.165, 1.54) is 6.42 Å². The van der Waals surface area contributed by atoms with Gasteiger partial charge in [-0.3, -0.25) is 0 Å². The number of carboxylic acid groups (broad SMARTS) is 1. The molecule has 98 valence electrons. The standard InChI is InChI=1S/C13H17ClN2O2/c1-13(2)6-5-8(7-13)15-10-4-3-9(14)11(16-10)12(17)18/h3-4,8H,5-7H2,1-2H3,(H,15,16)(H,17,18). The molecule has 1 aromatic rings. The van der Waals surface area contributed by atoms with Gasteiger partial charge in [0.05, 0.1) is 5.02 Å². The second-order valence-corrected chi connectivity index (χ2v) is 5.99. The number of anilines is 1. The summed E-state index contributed by atoms with van der Waals surface area (Å²) in [6.45, 7) is 4.49. The quantitative estimate of drug-likeness (QED) is 0.882. The van der Waals surface area contributed by atoms with Crippen LogP contribution in [0.3, 0.4) is 0 Å². The molecular weight excluding hydrogens is 252 g/mol. The topological polar surface area (TPSA) is 62.2 Å². The zero-order valence-electron chi connectivity index (χ0n) is 10.5. The number of nitrogens with zero attached hydrogens (tertiary/aromatic N) is 1. The summed E-state index contributed by atoms with van der Waals surface area (Å²) in [5.41, 5.74) is 0.249. The third-order valence-electron chi connectivity index (χ3n) is 3.37. The third-order valence-corrected chi connectivity index (χ3v) is 3.67. The summed E-state index contributed by atoms with van der Waals surface area (Å²) in [7, 11) is 0. The molecule has 1 heterocycles. The average molecular weight is 269 g/mol. The summed E-state index contributed by atoms with van der Waals surface area (Å²) < 4.78 is 0. The van der Waals surface area contributed by atoms with Gasteiger partial charge in [0.1, 0.15) is 5.82 Å². The van der Waals surface area contributed by atoms with Crippen molar-refractivity contribution in [1.29, 1.82) is 0 Å². The highest BCUT2D eigenvalue weighted by Gasteiger charge is 2.31. The lowest BCUT2D eigenvalue weighted by molar-refractivity contribution is 0.0691. The zero-order valence-corrected chi connectivity index (χ0v) is 11.3. The lowest BCUT2D eigenvalue weighted by Gasteiger charge is -2.18. The largest absolute Gasteiger partial charge is 0.476 e. The van der Waals surface area contributed by atoms with Crippen LogP contribution in [0.2, 0.25) is 5.02 Å². The molecule has 2 N–H and O–H groups in total. The van der Waals surface area contributed by atoms with Crippen LogP contribution in [-0.4, -0.2) is 22.1 Å². The van der Waals surface area contributed by atoms with Gasteiger partial charge in [0.2, 0.25) is 0 Å². The minimum atomic E-state index is -1.10. The molecule has 1 aliphatic carbocycles. The highest BCUT2D eigenvalue weighted by Crippen LogP contribution is 2.38. The fraction of sp³-hybridized carbons (Fsp3) is 0.538. The number of pyridine rings is 1. The molecule has 0 amide bonds. The van der Waals surface area contributed by atoms with E-state index in [1.807, 2.05) is 0 Å². The van der Waals surface area contributed by atoms with Crippen LogP contribution < -0.4 is 5.32 Å². The Kier molecular flexibility index (Phi) is 3.48. The monoisotopic (exact) mass is 268 g/mol. The Labute approximate surface area is 111 Å². The normalized spacial score (nSPS) is 21.8. The van der Waals surface area contributed by atoms with Crippen molar-refractivity contribution in [3.8, 4) is 0 Å². The first-order chi connectivity index (χ1) is 8.37. The van der Waals surface area contributed by atoms with E-state index in [0.29, 0.717) is 17.3 Å². The number of carbonyl (C=O) groups is 1. The van der Waals surface area contributed by atoms with Crippen molar-refractivity contribution in [2.45, 2.75) is 39.2 Å². The number of rotatable bonds is 3. The molecule has 1 saturated carbocycles. The molecule has 0 aromatic carbocycles. The van der Waals surface area contributed by atoms with E-state index in [-0.39, 0.29) is 10.7 Å². The van der Waals surface area contributed by atoms with E-state index in [2.05, 4.69) is 24.1 Å². The Morgan fingerprint density at radius 2 is 2.28 bits per heavy atom. The SMILES string of the molecule is CC1(C)CCC(Nc2ccc(Cl)c(C(=O)O)n2)C1. The van der Waals surface area contributed by atoms with E-state index in [4.69, 9.17) is 16.7 Å². The van der Waals surface area contributed by atoms with Gasteiger partial charge >= 0.3 is 5.97 Å². The summed E-state index contributed by atoms with van der Waals surface area (Å²) in [6, 6.07) is 3.65. The summed E-state index contributed by atoms with van der Waals surface area (Å²) in [5, 5.41) is 12.4. The van der Waals surface area contributed by atoms with Crippen LogP contribution in [0.4, 0.5) is 5.82 Å². The smallest absolute Gasteiger partial charge is 0.356 e. The molecule has 1 aromatic heterocycles. The van der Waals surface area contributed by atoms with Crippen LogP contribution in [0.5, 0.6) is 0 Å². The summed E-state index contributed by atoms with van der Waals surface area (Å²) in [4.78, 5) is 15.0. The number of halogens is 1. The molecule has 0 aliphatic heterocycles. The molecule has 4 nitrogen and oxygen atoms in total. The first-order valence-corrected chi connectivity index (χ1v) is 6.41.